The van der Waals surface area contributed by atoms with Crippen LogP contribution in [0.5, 0.6) is 0 Å². The molecule has 3 amide bonds. The van der Waals surface area contributed by atoms with Gasteiger partial charge in [0.2, 0.25) is 5.91 Å². The van der Waals surface area contributed by atoms with Crippen molar-refractivity contribution >= 4 is 33.6 Å². The van der Waals surface area contributed by atoms with Crippen LogP contribution in [0.3, 0.4) is 0 Å². The van der Waals surface area contributed by atoms with Crippen LogP contribution in [-0.4, -0.2) is 37.9 Å². The third kappa shape index (κ3) is 2.19. The SMILES string of the molecule is O=C1NC(=O)c2cc(N3CC(S(=O)(=O)F)CC3=O)ccc21. The van der Waals surface area contributed by atoms with E-state index in [4.69, 9.17) is 0 Å². The molecular weight excluding hydrogens is 303 g/mol. The van der Waals surface area contributed by atoms with Gasteiger partial charge in [-0.15, -0.1) is 3.89 Å². The summed E-state index contributed by atoms with van der Waals surface area (Å²) in [5, 5.41) is 0.698. The van der Waals surface area contributed by atoms with E-state index in [9.17, 15) is 26.7 Å². The van der Waals surface area contributed by atoms with E-state index in [0.29, 0.717) is 0 Å². The molecule has 0 spiro atoms. The fourth-order valence-electron chi connectivity index (χ4n) is 2.44. The number of imide groups is 1. The second kappa shape index (κ2) is 4.35. The Balaban J connectivity index is 1.96. The first-order valence-electron chi connectivity index (χ1n) is 6.01. The van der Waals surface area contributed by atoms with Crippen LogP contribution in [0.15, 0.2) is 18.2 Å². The van der Waals surface area contributed by atoms with Gasteiger partial charge >= 0.3 is 10.2 Å². The topological polar surface area (TPSA) is 101 Å². The molecule has 7 nitrogen and oxygen atoms in total. The monoisotopic (exact) mass is 312 g/mol. The van der Waals surface area contributed by atoms with Crippen LogP contribution in [0.25, 0.3) is 0 Å². The number of amides is 3. The molecule has 1 aromatic carbocycles. The zero-order valence-electron chi connectivity index (χ0n) is 10.5. The highest BCUT2D eigenvalue weighted by Crippen LogP contribution is 2.28. The number of nitrogens with zero attached hydrogens (tertiary/aromatic N) is 1. The first-order valence-corrected chi connectivity index (χ1v) is 7.45. The van der Waals surface area contributed by atoms with E-state index in [2.05, 4.69) is 5.32 Å². The molecule has 9 heteroatoms. The summed E-state index contributed by atoms with van der Waals surface area (Å²) < 4.78 is 34.7. The number of hydrogen-bond donors (Lipinski definition) is 1. The number of halogens is 1. The molecule has 1 aromatic rings. The Bertz CT molecular complexity index is 789. The van der Waals surface area contributed by atoms with E-state index in [-0.39, 0.29) is 23.4 Å². The van der Waals surface area contributed by atoms with E-state index in [1.54, 1.807) is 0 Å². The van der Waals surface area contributed by atoms with Gasteiger partial charge in [-0.3, -0.25) is 19.7 Å². The molecule has 2 aliphatic heterocycles. The van der Waals surface area contributed by atoms with Crippen LogP contribution in [0.1, 0.15) is 27.1 Å². The highest BCUT2D eigenvalue weighted by atomic mass is 32.3. The van der Waals surface area contributed by atoms with Crippen molar-refractivity contribution in [3.05, 3.63) is 29.3 Å². The number of nitrogens with one attached hydrogen (secondary N) is 1. The smallest absolute Gasteiger partial charge is 0.307 e. The van der Waals surface area contributed by atoms with Crippen LogP contribution in [0.4, 0.5) is 9.57 Å². The van der Waals surface area contributed by atoms with Crippen molar-refractivity contribution in [1.29, 1.82) is 0 Å². The Hall–Kier alpha value is -2.29. The van der Waals surface area contributed by atoms with Crippen molar-refractivity contribution in [3.63, 3.8) is 0 Å². The number of benzene rings is 1. The van der Waals surface area contributed by atoms with Gasteiger partial charge in [0.1, 0.15) is 5.25 Å². The number of fused-ring (bicyclic) bond motifs is 1. The molecule has 110 valence electrons. The van der Waals surface area contributed by atoms with Crippen LogP contribution < -0.4 is 10.2 Å². The van der Waals surface area contributed by atoms with Gasteiger partial charge in [0.15, 0.2) is 0 Å². The number of rotatable bonds is 2. The zero-order valence-corrected chi connectivity index (χ0v) is 11.3. The van der Waals surface area contributed by atoms with E-state index in [1.165, 1.54) is 18.2 Å². The summed E-state index contributed by atoms with van der Waals surface area (Å²) in [6.45, 7) is -0.313. The zero-order chi connectivity index (χ0) is 15.4. The average Bonchev–Trinajstić information content (AvgIpc) is 2.91. The van der Waals surface area contributed by atoms with Crippen molar-refractivity contribution in [2.75, 3.05) is 11.4 Å². The summed E-state index contributed by atoms with van der Waals surface area (Å²) >= 11 is 0. The first-order chi connectivity index (χ1) is 9.77. The molecule has 3 rings (SSSR count). The molecule has 0 saturated carbocycles. The summed E-state index contributed by atoms with van der Waals surface area (Å²) in [6, 6.07) is 4.11. The van der Waals surface area contributed by atoms with E-state index in [1.807, 2.05) is 0 Å². The minimum atomic E-state index is -4.80. The van der Waals surface area contributed by atoms with Gasteiger partial charge in [0.25, 0.3) is 11.8 Å². The molecule has 21 heavy (non-hydrogen) atoms. The molecule has 1 fully saturated rings. The fourth-order valence-corrected chi connectivity index (χ4v) is 3.11. The van der Waals surface area contributed by atoms with Gasteiger partial charge in [-0.2, -0.15) is 8.42 Å². The second-order valence-electron chi connectivity index (χ2n) is 4.82. The van der Waals surface area contributed by atoms with Gasteiger partial charge in [-0.05, 0) is 18.2 Å². The average molecular weight is 312 g/mol. The Morgan fingerprint density at radius 1 is 1.14 bits per heavy atom. The molecule has 0 aliphatic carbocycles. The molecule has 2 aliphatic rings. The van der Waals surface area contributed by atoms with Gasteiger partial charge in [0, 0.05) is 18.7 Å². The summed E-state index contributed by atoms with van der Waals surface area (Å²) in [4.78, 5) is 35.9. The minimum absolute atomic E-state index is 0.108. The standard InChI is InChI=1S/C12H9FN2O5S/c13-21(19,20)7-4-10(16)15(5-7)6-1-2-8-9(3-6)12(18)14-11(8)17/h1-3,7H,4-5H2,(H,14,17,18). The summed E-state index contributed by atoms with van der Waals surface area (Å²) in [5.74, 6) is -1.66. The van der Waals surface area contributed by atoms with E-state index < -0.39 is 39.6 Å². The lowest BCUT2D eigenvalue weighted by molar-refractivity contribution is -0.117. The number of anilines is 1. The van der Waals surface area contributed by atoms with Gasteiger partial charge in [-0.25, -0.2) is 0 Å². The molecule has 0 bridgehead atoms. The maximum Gasteiger partial charge on any atom is 0.307 e. The summed E-state index contributed by atoms with van der Waals surface area (Å²) in [6.07, 6.45) is -0.443. The summed E-state index contributed by atoms with van der Waals surface area (Å²) in [7, 11) is -4.80. The Morgan fingerprint density at radius 2 is 1.81 bits per heavy atom. The number of carbonyl (C=O) groups is 3. The van der Waals surface area contributed by atoms with Crippen LogP contribution >= 0.6 is 0 Å². The molecule has 1 saturated heterocycles. The quantitative estimate of drug-likeness (QED) is 0.611. The highest BCUT2D eigenvalue weighted by molar-refractivity contribution is 7.87. The van der Waals surface area contributed by atoms with Crippen molar-refractivity contribution in [3.8, 4) is 0 Å². The van der Waals surface area contributed by atoms with Crippen molar-refractivity contribution < 1.29 is 26.7 Å². The van der Waals surface area contributed by atoms with Crippen LogP contribution in [0.2, 0.25) is 0 Å². The Morgan fingerprint density at radius 3 is 2.43 bits per heavy atom. The minimum Gasteiger partial charge on any atom is -0.311 e. The first kappa shape index (κ1) is 13.7. The van der Waals surface area contributed by atoms with Gasteiger partial charge in [0.05, 0.1) is 11.1 Å². The molecule has 1 N–H and O–H groups in total. The number of carbonyl (C=O) groups excluding carboxylic acids is 3. The molecule has 1 unspecified atom stereocenters. The molecule has 1 atom stereocenters. The van der Waals surface area contributed by atoms with Crippen molar-refractivity contribution in [1.82, 2.24) is 5.32 Å². The van der Waals surface area contributed by atoms with E-state index in [0.717, 1.165) is 4.90 Å². The third-order valence-electron chi connectivity index (χ3n) is 3.52. The predicted molar refractivity (Wildman–Crippen MR) is 69.0 cm³/mol. The third-order valence-corrected chi connectivity index (χ3v) is 4.63. The normalized spacial score (nSPS) is 21.7. The van der Waals surface area contributed by atoms with Crippen LogP contribution in [0, 0.1) is 0 Å². The maximum absolute atomic E-state index is 13.0. The highest BCUT2D eigenvalue weighted by Gasteiger charge is 2.39. The lowest BCUT2D eigenvalue weighted by Crippen LogP contribution is -2.27. The number of hydrogen-bond acceptors (Lipinski definition) is 5. The van der Waals surface area contributed by atoms with Gasteiger partial charge in [-0.1, -0.05) is 0 Å². The fraction of sp³-hybridized carbons (Fsp3) is 0.250. The maximum atomic E-state index is 13.0. The molecule has 0 radical (unpaired) electrons. The Kier molecular flexibility index (Phi) is 2.84. The molecular formula is C12H9FN2O5S. The largest absolute Gasteiger partial charge is 0.311 e. The van der Waals surface area contributed by atoms with Crippen molar-refractivity contribution in [2.45, 2.75) is 11.7 Å². The summed E-state index contributed by atoms with van der Waals surface area (Å²) in [5.41, 5.74) is 0.552. The Labute approximate surface area is 118 Å². The molecule has 0 aromatic heterocycles. The van der Waals surface area contributed by atoms with Crippen molar-refractivity contribution in [2.24, 2.45) is 0 Å². The lowest BCUT2D eigenvalue weighted by Gasteiger charge is -2.16. The predicted octanol–water partition coefficient (Wildman–Crippen LogP) is -0.0252. The van der Waals surface area contributed by atoms with Gasteiger partial charge < -0.3 is 4.90 Å². The van der Waals surface area contributed by atoms with Crippen LogP contribution in [-0.2, 0) is 15.0 Å². The van der Waals surface area contributed by atoms with E-state index >= 15 is 0 Å². The lowest BCUT2D eigenvalue weighted by atomic mass is 10.1. The second-order valence-corrected chi connectivity index (χ2v) is 6.44. The molecule has 2 heterocycles.